The van der Waals surface area contributed by atoms with Crippen LogP contribution in [0, 0.1) is 17.3 Å². The molecule has 1 aliphatic rings. The quantitative estimate of drug-likeness (QED) is 0.555. The van der Waals surface area contributed by atoms with E-state index in [9.17, 15) is 0 Å². The second-order valence-electron chi connectivity index (χ2n) is 8.41. The highest BCUT2D eigenvalue weighted by Gasteiger charge is 2.33. The van der Waals surface area contributed by atoms with E-state index >= 15 is 0 Å². The fraction of sp³-hybridized carbons (Fsp3) is 1.00. The molecular weight excluding hydrogens is 242 g/mol. The Morgan fingerprint density at radius 3 is 2.25 bits per heavy atom. The van der Waals surface area contributed by atoms with Gasteiger partial charge in [-0.25, -0.2) is 0 Å². The lowest BCUT2D eigenvalue weighted by atomic mass is 9.69. The van der Waals surface area contributed by atoms with E-state index in [2.05, 4.69) is 39.9 Å². The lowest BCUT2D eigenvalue weighted by molar-refractivity contribution is 0.131. The summed E-state index contributed by atoms with van der Waals surface area (Å²) < 4.78 is 0. The molecule has 2 atom stereocenters. The van der Waals surface area contributed by atoms with Crippen LogP contribution in [0.3, 0.4) is 0 Å². The molecule has 0 aromatic rings. The average Bonchev–Trinajstić information content (AvgIpc) is 2.36. The number of hydrogen-bond donors (Lipinski definition) is 1. The Balaban J connectivity index is 2.13. The molecule has 1 fully saturated rings. The van der Waals surface area contributed by atoms with Crippen molar-refractivity contribution in [3.05, 3.63) is 0 Å². The van der Waals surface area contributed by atoms with Crippen LogP contribution in [-0.4, -0.2) is 12.6 Å². The molecule has 0 spiro atoms. The zero-order valence-corrected chi connectivity index (χ0v) is 14.8. The minimum atomic E-state index is 0.468. The van der Waals surface area contributed by atoms with Crippen molar-refractivity contribution in [1.29, 1.82) is 0 Å². The van der Waals surface area contributed by atoms with Crippen LogP contribution in [0.25, 0.3) is 0 Å². The Morgan fingerprint density at radius 2 is 1.60 bits per heavy atom. The standard InChI is InChI=1S/C19H39N/c1-16(2)12-8-6-7-11-15-20-18-14-10-9-13-17(18)19(3,4)5/h16-18,20H,6-15H2,1-5H3. The molecular formula is C19H39N. The Labute approximate surface area is 128 Å². The highest BCUT2D eigenvalue weighted by molar-refractivity contribution is 4.88. The Morgan fingerprint density at radius 1 is 0.950 bits per heavy atom. The molecule has 1 N–H and O–H groups in total. The molecule has 20 heavy (non-hydrogen) atoms. The van der Waals surface area contributed by atoms with E-state index in [0.29, 0.717) is 5.41 Å². The monoisotopic (exact) mass is 281 g/mol. The number of hydrogen-bond acceptors (Lipinski definition) is 1. The van der Waals surface area contributed by atoms with Gasteiger partial charge in [0.2, 0.25) is 0 Å². The van der Waals surface area contributed by atoms with Gasteiger partial charge in [0.25, 0.3) is 0 Å². The zero-order chi connectivity index (χ0) is 15.0. The van der Waals surface area contributed by atoms with Crippen LogP contribution in [0.2, 0.25) is 0 Å². The predicted octanol–water partition coefficient (Wildman–Crippen LogP) is 5.79. The summed E-state index contributed by atoms with van der Waals surface area (Å²) in [7, 11) is 0. The number of unbranched alkanes of at least 4 members (excludes halogenated alkanes) is 3. The molecule has 1 aliphatic carbocycles. The van der Waals surface area contributed by atoms with Crippen LogP contribution >= 0.6 is 0 Å². The Bertz CT molecular complexity index is 239. The van der Waals surface area contributed by atoms with Gasteiger partial charge in [0.15, 0.2) is 0 Å². The topological polar surface area (TPSA) is 12.0 Å². The number of nitrogens with one attached hydrogen (secondary N) is 1. The van der Waals surface area contributed by atoms with Gasteiger partial charge < -0.3 is 5.32 Å². The molecule has 0 bridgehead atoms. The summed E-state index contributed by atoms with van der Waals surface area (Å²) in [6, 6.07) is 0.777. The molecule has 120 valence electrons. The second kappa shape index (κ2) is 9.07. The molecule has 2 unspecified atom stereocenters. The SMILES string of the molecule is CC(C)CCCCCCNC1CCCCC1C(C)(C)C. The highest BCUT2D eigenvalue weighted by Crippen LogP contribution is 2.37. The average molecular weight is 282 g/mol. The van der Waals surface area contributed by atoms with Crippen molar-refractivity contribution in [3.63, 3.8) is 0 Å². The summed E-state index contributed by atoms with van der Waals surface area (Å²) in [6.07, 6.45) is 12.7. The maximum atomic E-state index is 3.88. The largest absolute Gasteiger partial charge is 0.314 e. The van der Waals surface area contributed by atoms with Crippen molar-refractivity contribution >= 4 is 0 Å². The molecule has 1 saturated carbocycles. The predicted molar refractivity (Wildman–Crippen MR) is 91.1 cm³/mol. The molecule has 1 nitrogen and oxygen atoms in total. The van der Waals surface area contributed by atoms with Crippen molar-refractivity contribution < 1.29 is 0 Å². The second-order valence-corrected chi connectivity index (χ2v) is 8.41. The van der Waals surface area contributed by atoms with Crippen LogP contribution in [-0.2, 0) is 0 Å². The third-order valence-electron chi connectivity index (χ3n) is 4.99. The van der Waals surface area contributed by atoms with E-state index in [4.69, 9.17) is 0 Å². The lowest BCUT2D eigenvalue weighted by Crippen LogP contribution is -2.44. The molecule has 0 aromatic carbocycles. The summed E-state index contributed by atoms with van der Waals surface area (Å²) in [5, 5.41) is 3.88. The van der Waals surface area contributed by atoms with Crippen LogP contribution < -0.4 is 5.32 Å². The van der Waals surface area contributed by atoms with Crippen molar-refractivity contribution in [2.45, 2.75) is 98.4 Å². The van der Waals surface area contributed by atoms with Crippen molar-refractivity contribution in [2.24, 2.45) is 17.3 Å². The zero-order valence-electron chi connectivity index (χ0n) is 14.8. The summed E-state index contributed by atoms with van der Waals surface area (Å²) in [6.45, 7) is 13.2. The van der Waals surface area contributed by atoms with Crippen molar-refractivity contribution in [3.8, 4) is 0 Å². The normalized spacial score (nSPS) is 24.3. The lowest BCUT2D eigenvalue weighted by Gasteiger charge is -2.41. The maximum Gasteiger partial charge on any atom is 0.0100 e. The van der Waals surface area contributed by atoms with E-state index in [1.165, 1.54) is 64.3 Å². The van der Waals surface area contributed by atoms with E-state index in [-0.39, 0.29) is 0 Å². The summed E-state index contributed by atoms with van der Waals surface area (Å²) in [5.41, 5.74) is 0.468. The smallest absolute Gasteiger partial charge is 0.0100 e. The third kappa shape index (κ3) is 7.11. The molecule has 0 amide bonds. The van der Waals surface area contributed by atoms with Gasteiger partial charge in [-0.2, -0.15) is 0 Å². The van der Waals surface area contributed by atoms with Crippen LogP contribution in [0.15, 0.2) is 0 Å². The molecule has 0 aliphatic heterocycles. The molecule has 0 saturated heterocycles. The minimum absolute atomic E-state index is 0.468. The first-order chi connectivity index (χ1) is 9.41. The van der Waals surface area contributed by atoms with Gasteiger partial charge in [0.05, 0.1) is 0 Å². The molecule has 0 radical (unpaired) electrons. The third-order valence-corrected chi connectivity index (χ3v) is 4.99. The molecule has 0 aromatic heterocycles. The van der Waals surface area contributed by atoms with Crippen LogP contribution in [0.5, 0.6) is 0 Å². The van der Waals surface area contributed by atoms with Crippen LogP contribution in [0.4, 0.5) is 0 Å². The van der Waals surface area contributed by atoms with Gasteiger partial charge >= 0.3 is 0 Å². The number of rotatable bonds is 8. The molecule has 1 heteroatoms. The fourth-order valence-corrected chi connectivity index (χ4v) is 3.73. The first-order valence-corrected chi connectivity index (χ1v) is 9.14. The van der Waals surface area contributed by atoms with Gasteiger partial charge in [0, 0.05) is 6.04 Å². The van der Waals surface area contributed by atoms with Crippen LogP contribution in [0.1, 0.15) is 92.4 Å². The molecule has 1 rings (SSSR count). The fourth-order valence-electron chi connectivity index (χ4n) is 3.73. The van der Waals surface area contributed by atoms with E-state index in [0.717, 1.165) is 17.9 Å². The van der Waals surface area contributed by atoms with Gasteiger partial charge in [0.1, 0.15) is 0 Å². The highest BCUT2D eigenvalue weighted by atomic mass is 14.9. The van der Waals surface area contributed by atoms with Gasteiger partial charge in [-0.3, -0.25) is 0 Å². The van der Waals surface area contributed by atoms with E-state index in [1.54, 1.807) is 0 Å². The van der Waals surface area contributed by atoms with Gasteiger partial charge in [-0.15, -0.1) is 0 Å². The first-order valence-electron chi connectivity index (χ1n) is 9.14. The van der Waals surface area contributed by atoms with E-state index < -0.39 is 0 Å². The maximum absolute atomic E-state index is 3.88. The Hall–Kier alpha value is -0.0400. The first kappa shape index (κ1) is 18.0. The Kier molecular flexibility index (Phi) is 8.17. The summed E-state index contributed by atoms with van der Waals surface area (Å²) in [4.78, 5) is 0. The van der Waals surface area contributed by atoms with Gasteiger partial charge in [-0.1, -0.05) is 73.1 Å². The summed E-state index contributed by atoms with van der Waals surface area (Å²) >= 11 is 0. The van der Waals surface area contributed by atoms with Crippen molar-refractivity contribution in [1.82, 2.24) is 5.32 Å². The summed E-state index contributed by atoms with van der Waals surface area (Å²) in [5.74, 6) is 1.75. The molecule has 0 heterocycles. The minimum Gasteiger partial charge on any atom is -0.314 e. The van der Waals surface area contributed by atoms with Gasteiger partial charge in [-0.05, 0) is 43.1 Å². The van der Waals surface area contributed by atoms with E-state index in [1.807, 2.05) is 0 Å². The van der Waals surface area contributed by atoms with Crippen molar-refractivity contribution in [2.75, 3.05) is 6.54 Å².